The fourth-order valence-corrected chi connectivity index (χ4v) is 1.74. The molecule has 0 fully saturated rings. The van der Waals surface area contributed by atoms with Gasteiger partial charge >= 0.3 is 0 Å². The van der Waals surface area contributed by atoms with Crippen LogP contribution in [0.1, 0.15) is 13.8 Å². The minimum Gasteiger partial charge on any atom is -0.368 e. The molecule has 6 nitrogen and oxygen atoms in total. The van der Waals surface area contributed by atoms with Gasteiger partial charge in [0.1, 0.15) is 18.3 Å². The third-order valence-corrected chi connectivity index (χ3v) is 3.11. The van der Waals surface area contributed by atoms with Gasteiger partial charge in [-0.05, 0) is 13.8 Å². The van der Waals surface area contributed by atoms with Crippen LogP contribution in [0.3, 0.4) is 0 Å². The maximum Gasteiger partial charge on any atom is 0.292 e. The molecule has 0 saturated carbocycles. The number of halogens is 1. The summed E-state index contributed by atoms with van der Waals surface area (Å²) in [6, 6.07) is -0.577. The van der Waals surface area contributed by atoms with Crippen molar-refractivity contribution in [1.82, 2.24) is 14.7 Å². The van der Waals surface area contributed by atoms with E-state index in [1.165, 1.54) is 6.20 Å². The predicted octanol–water partition coefficient (Wildman–Crippen LogP) is 0.809. The van der Waals surface area contributed by atoms with E-state index in [4.69, 9.17) is 18.0 Å². The maximum absolute atomic E-state index is 12.1. The highest BCUT2D eigenvalue weighted by molar-refractivity contribution is 6.33. The van der Waals surface area contributed by atoms with Gasteiger partial charge in [0, 0.05) is 13.6 Å². The lowest BCUT2D eigenvalue weighted by atomic mass is 10.2. The number of carbonyl (C=O) groups is 1. The van der Waals surface area contributed by atoms with Gasteiger partial charge in [-0.2, -0.15) is 5.10 Å². The smallest absolute Gasteiger partial charge is 0.292 e. The first kappa shape index (κ1) is 16.1. The van der Waals surface area contributed by atoms with Gasteiger partial charge in [-0.15, -0.1) is 6.42 Å². The Bertz CT molecular complexity index is 591. The van der Waals surface area contributed by atoms with Crippen LogP contribution in [-0.4, -0.2) is 40.2 Å². The Kier molecular flexibility index (Phi) is 5.59. The number of carbonyl (C=O) groups excluding carboxylic acids is 1. The van der Waals surface area contributed by atoms with E-state index in [0.29, 0.717) is 6.54 Å². The molecule has 20 heavy (non-hydrogen) atoms. The van der Waals surface area contributed by atoms with E-state index >= 15 is 0 Å². The molecule has 7 heteroatoms. The minimum absolute atomic E-state index is 0.0435. The lowest BCUT2D eigenvalue weighted by Crippen LogP contribution is -2.40. The second kappa shape index (κ2) is 6.96. The molecule has 1 unspecified atom stereocenters. The Morgan fingerprint density at radius 1 is 1.70 bits per heavy atom. The average molecular weight is 297 g/mol. The number of aromatic nitrogens is 2. The van der Waals surface area contributed by atoms with Gasteiger partial charge in [0.15, 0.2) is 0 Å². The summed E-state index contributed by atoms with van der Waals surface area (Å²) < 4.78 is 1.11. The Morgan fingerprint density at radius 3 is 2.90 bits per heavy atom. The molecule has 1 atom stereocenters. The average Bonchev–Trinajstić information content (AvgIpc) is 2.44. The molecule has 108 valence electrons. The van der Waals surface area contributed by atoms with Crippen molar-refractivity contribution in [2.75, 3.05) is 18.9 Å². The van der Waals surface area contributed by atoms with Crippen molar-refractivity contribution in [3.8, 4) is 12.3 Å². The van der Waals surface area contributed by atoms with E-state index in [9.17, 15) is 9.59 Å². The first-order valence-electron chi connectivity index (χ1n) is 6.13. The van der Waals surface area contributed by atoms with Gasteiger partial charge in [-0.25, -0.2) is 4.68 Å². The molecule has 1 aromatic rings. The summed E-state index contributed by atoms with van der Waals surface area (Å²) in [4.78, 5) is 25.6. The van der Waals surface area contributed by atoms with Crippen LogP contribution in [0.25, 0.3) is 0 Å². The van der Waals surface area contributed by atoms with Gasteiger partial charge in [0.25, 0.3) is 5.56 Å². The molecule has 0 spiro atoms. The van der Waals surface area contributed by atoms with Gasteiger partial charge in [-0.1, -0.05) is 17.5 Å². The van der Waals surface area contributed by atoms with Crippen LogP contribution in [0.4, 0.5) is 5.69 Å². The second-order valence-corrected chi connectivity index (χ2v) is 4.66. The van der Waals surface area contributed by atoms with Crippen LogP contribution in [-0.2, 0) is 11.3 Å². The van der Waals surface area contributed by atoms with Gasteiger partial charge in [0.05, 0.1) is 11.2 Å². The highest BCUT2D eigenvalue weighted by atomic mass is 35.5. The standard InChI is InChI=1S/C13H17ClN4O2/c1-5-7-18-13(20)11(10(14)8-15-18)16-9(3)12(19)17(4)6-2/h1,8-9,16H,6-7H2,2-4H3. The number of terminal acetylenes is 1. The number of likely N-dealkylation sites (N-methyl/N-ethyl adjacent to an activating group) is 1. The molecule has 0 aliphatic carbocycles. The Labute approximate surface area is 122 Å². The summed E-state index contributed by atoms with van der Waals surface area (Å²) in [6.45, 7) is 4.15. The Hall–Kier alpha value is -2.00. The summed E-state index contributed by atoms with van der Waals surface area (Å²) in [5.41, 5.74) is -0.323. The maximum atomic E-state index is 12.1. The number of nitrogens with one attached hydrogen (secondary N) is 1. The van der Waals surface area contributed by atoms with Crippen molar-refractivity contribution >= 4 is 23.2 Å². The molecule has 1 amide bonds. The molecular weight excluding hydrogens is 280 g/mol. The molecule has 1 heterocycles. The molecular formula is C13H17ClN4O2. The number of amides is 1. The minimum atomic E-state index is -0.577. The van der Waals surface area contributed by atoms with Crippen molar-refractivity contribution in [3.05, 3.63) is 21.6 Å². The summed E-state index contributed by atoms with van der Waals surface area (Å²) in [6.07, 6.45) is 6.48. The summed E-state index contributed by atoms with van der Waals surface area (Å²) >= 11 is 5.95. The molecule has 1 rings (SSSR count). The zero-order valence-electron chi connectivity index (χ0n) is 11.7. The number of hydrogen-bond acceptors (Lipinski definition) is 4. The highest BCUT2D eigenvalue weighted by Gasteiger charge is 2.19. The fraction of sp³-hybridized carbons (Fsp3) is 0.462. The Balaban J connectivity index is 3.04. The van der Waals surface area contributed by atoms with Crippen LogP contribution in [0.2, 0.25) is 5.02 Å². The summed E-state index contributed by atoms with van der Waals surface area (Å²) in [5, 5.41) is 6.81. The van der Waals surface area contributed by atoms with E-state index in [-0.39, 0.29) is 23.2 Å². The highest BCUT2D eigenvalue weighted by Crippen LogP contribution is 2.16. The molecule has 1 N–H and O–H groups in total. The van der Waals surface area contributed by atoms with Crippen LogP contribution in [0.15, 0.2) is 11.0 Å². The lowest BCUT2D eigenvalue weighted by Gasteiger charge is -2.21. The molecule has 0 saturated heterocycles. The zero-order valence-corrected chi connectivity index (χ0v) is 12.4. The van der Waals surface area contributed by atoms with Crippen molar-refractivity contribution < 1.29 is 4.79 Å². The summed E-state index contributed by atoms with van der Waals surface area (Å²) in [5.74, 6) is 2.19. The SMILES string of the molecule is C#CCn1ncc(Cl)c(NC(C)C(=O)N(C)CC)c1=O. The largest absolute Gasteiger partial charge is 0.368 e. The predicted molar refractivity (Wildman–Crippen MR) is 78.7 cm³/mol. The summed E-state index contributed by atoms with van der Waals surface area (Å²) in [7, 11) is 1.69. The van der Waals surface area contributed by atoms with Gasteiger partial charge in [-0.3, -0.25) is 9.59 Å². The quantitative estimate of drug-likeness (QED) is 0.817. The van der Waals surface area contributed by atoms with Crippen molar-refractivity contribution in [2.45, 2.75) is 26.4 Å². The van der Waals surface area contributed by atoms with Gasteiger partial charge in [0.2, 0.25) is 5.91 Å². The number of rotatable bonds is 5. The Morgan fingerprint density at radius 2 is 2.35 bits per heavy atom. The van der Waals surface area contributed by atoms with Crippen LogP contribution in [0.5, 0.6) is 0 Å². The van der Waals surface area contributed by atoms with E-state index in [2.05, 4.69) is 16.3 Å². The second-order valence-electron chi connectivity index (χ2n) is 4.25. The molecule has 0 radical (unpaired) electrons. The zero-order chi connectivity index (χ0) is 15.3. The normalized spacial score (nSPS) is 11.6. The van der Waals surface area contributed by atoms with Crippen molar-refractivity contribution in [2.24, 2.45) is 0 Å². The number of nitrogens with zero attached hydrogens (tertiary/aromatic N) is 3. The number of hydrogen-bond donors (Lipinski definition) is 1. The fourth-order valence-electron chi connectivity index (χ4n) is 1.56. The van der Waals surface area contributed by atoms with E-state index in [1.807, 2.05) is 6.92 Å². The van der Waals surface area contributed by atoms with Crippen molar-refractivity contribution in [1.29, 1.82) is 0 Å². The lowest BCUT2D eigenvalue weighted by molar-refractivity contribution is -0.130. The van der Waals surface area contributed by atoms with Gasteiger partial charge < -0.3 is 10.2 Å². The third-order valence-electron chi connectivity index (χ3n) is 2.82. The monoisotopic (exact) mass is 296 g/mol. The molecule has 0 aliphatic heterocycles. The topological polar surface area (TPSA) is 67.2 Å². The molecule has 1 aromatic heterocycles. The third kappa shape index (κ3) is 3.52. The first-order chi connectivity index (χ1) is 9.42. The molecule has 0 aliphatic rings. The van der Waals surface area contributed by atoms with Crippen LogP contribution < -0.4 is 10.9 Å². The first-order valence-corrected chi connectivity index (χ1v) is 6.50. The molecule has 0 bridgehead atoms. The van der Waals surface area contributed by atoms with E-state index in [0.717, 1.165) is 4.68 Å². The van der Waals surface area contributed by atoms with Crippen LogP contribution >= 0.6 is 11.6 Å². The van der Waals surface area contributed by atoms with E-state index < -0.39 is 11.6 Å². The van der Waals surface area contributed by atoms with Crippen molar-refractivity contribution in [3.63, 3.8) is 0 Å². The number of anilines is 1. The van der Waals surface area contributed by atoms with Crippen LogP contribution in [0, 0.1) is 12.3 Å². The molecule has 0 aromatic carbocycles. The van der Waals surface area contributed by atoms with E-state index in [1.54, 1.807) is 18.9 Å².